The lowest BCUT2D eigenvalue weighted by Gasteiger charge is -2.35. The number of rotatable bonds is 6. The van der Waals surface area contributed by atoms with Crippen molar-refractivity contribution in [1.29, 1.82) is 0 Å². The molecular formula is C26H33N3O5S. The van der Waals surface area contributed by atoms with Crippen LogP contribution in [-0.4, -0.2) is 81.2 Å². The Morgan fingerprint density at radius 2 is 1.69 bits per heavy atom. The summed E-state index contributed by atoms with van der Waals surface area (Å²) in [6.45, 7) is 7.17. The average molecular weight is 500 g/mol. The third kappa shape index (κ3) is 6.02. The quantitative estimate of drug-likeness (QED) is 0.608. The number of hydrogen-bond acceptors (Lipinski definition) is 6. The van der Waals surface area contributed by atoms with Crippen molar-refractivity contribution in [1.82, 2.24) is 9.80 Å². The summed E-state index contributed by atoms with van der Waals surface area (Å²) in [5.41, 5.74) is 1.03. The van der Waals surface area contributed by atoms with Gasteiger partial charge in [-0.25, -0.2) is 8.42 Å². The highest BCUT2D eigenvalue weighted by atomic mass is 32.2. The van der Waals surface area contributed by atoms with Crippen LogP contribution in [0.2, 0.25) is 0 Å². The van der Waals surface area contributed by atoms with E-state index >= 15 is 0 Å². The molecule has 0 atom stereocenters. The van der Waals surface area contributed by atoms with E-state index in [0.29, 0.717) is 19.1 Å². The van der Waals surface area contributed by atoms with Gasteiger partial charge in [0.15, 0.2) is 9.84 Å². The predicted octanol–water partition coefficient (Wildman–Crippen LogP) is 2.83. The van der Waals surface area contributed by atoms with E-state index in [1.165, 1.54) is 17.0 Å². The van der Waals surface area contributed by atoms with Gasteiger partial charge < -0.3 is 19.4 Å². The molecule has 2 aromatic rings. The van der Waals surface area contributed by atoms with Crippen LogP contribution in [0.3, 0.4) is 0 Å². The SMILES string of the molecule is CC(C)N1CCC(Oc2ccc(N3CCN(C(=O)c4cccc(S(C)(=O)=O)c4)CC3=O)cc2)CC1. The second kappa shape index (κ2) is 10.4. The minimum atomic E-state index is -3.42. The van der Waals surface area contributed by atoms with Crippen LogP contribution in [0.5, 0.6) is 5.75 Å². The lowest BCUT2D eigenvalue weighted by Crippen LogP contribution is -2.52. The molecule has 2 aromatic carbocycles. The lowest BCUT2D eigenvalue weighted by molar-refractivity contribution is -0.120. The van der Waals surface area contributed by atoms with Crippen molar-refractivity contribution in [2.75, 3.05) is 43.9 Å². The third-order valence-corrected chi connectivity index (χ3v) is 7.79. The minimum absolute atomic E-state index is 0.0609. The number of ether oxygens (including phenoxy) is 1. The number of likely N-dealkylation sites (tertiary alicyclic amines) is 1. The standard InChI is InChI=1S/C26H33N3O5S/c1-19(2)27-13-11-23(12-14-27)34-22-9-7-21(8-10-22)29-16-15-28(18-25(29)30)26(31)20-5-4-6-24(17-20)35(3,32)33/h4-10,17,19,23H,11-16,18H2,1-3H3. The number of hydrogen-bond donors (Lipinski definition) is 0. The third-order valence-electron chi connectivity index (χ3n) is 6.68. The van der Waals surface area contributed by atoms with Gasteiger partial charge >= 0.3 is 0 Å². The van der Waals surface area contributed by atoms with Crippen LogP contribution in [0.15, 0.2) is 53.4 Å². The van der Waals surface area contributed by atoms with Crippen LogP contribution in [0.4, 0.5) is 5.69 Å². The van der Waals surface area contributed by atoms with E-state index < -0.39 is 9.84 Å². The molecule has 0 radical (unpaired) electrons. The van der Waals surface area contributed by atoms with Crippen LogP contribution in [-0.2, 0) is 14.6 Å². The molecule has 0 aromatic heterocycles. The molecule has 9 heteroatoms. The minimum Gasteiger partial charge on any atom is -0.490 e. The van der Waals surface area contributed by atoms with Gasteiger partial charge in [0.05, 0.1) is 4.90 Å². The Balaban J connectivity index is 1.34. The second-order valence-corrected chi connectivity index (χ2v) is 11.5. The fourth-order valence-electron chi connectivity index (χ4n) is 4.57. The Hall–Kier alpha value is -2.91. The summed E-state index contributed by atoms with van der Waals surface area (Å²) >= 11 is 0. The van der Waals surface area contributed by atoms with Crippen molar-refractivity contribution < 1.29 is 22.7 Å². The van der Waals surface area contributed by atoms with Crippen molar-refractivity contribution in [2.45, 2.75) is 43.7 Å². The molecule has 2 aliphatic rings. The molecule has 2 saturated heterocycles. The molecule has 2 amide bonds. The first kappa shape index (κ1) is 25.2. The van der Waals surface area contributed by atoms with Crippen molar-refractivity contribution in [2.24, 2.45) is 0 Å². The Bertz CT molecular complexity index is 1170. The monoisotopic (exact) mass is 499 g/mol. The number of carbonyl (C=O) groups excluding carboxylic acids is 2. The van der Waals surface area contributed by atoms with E-state index in [0.717, 1.165) is 43.6 Å². The summed E-state index contributed by atoms with van der Waals surface area (Å²) in [6, 6.07) is 14.0. The van der Waals surface area contributed by atoms with Crippen molar-refractivity contribution in [3.8, 4) is 5.75 Å². The van der Waals surface area contributed by atoms with Gasteiger partial charge in [-0.15, -0.1) is 0 Å². The molecular weight excluding hydrogens is 466 g/mol. The van der Waals surface area contributed by atoms with E-state index in [-0.39, 0.29) is 34.9 Å². The van der Waals surface area contributed by atoms with Crippen molar-refractivity contribution in [3.63, 3.8) is 0 Å². The van der Waals surface area contributed by atoms with Crippen LogP contribution >= 0.6 is 0 Å². The highest BCUT2D eigenvalue weighted by molar-refractivity contribution is 7.90. The van der Waals surface area contributed by atoms with Crippen LogP contribution in [0.1, 0.15) is 37.0 Å². The van der Waals surface area contributed by atoms with Crippen LogP contribution < -0.4 is 9.64 Å². The first-order valence-corrected chi connectivity index (χ1v) is 13.9. The summed E-state index contributed by atoms with van der Waals surface area (Å²) in [6.07, 6.45) is 3.31. The maximum absolute atomic E-state index is 12.9. The normalized spacial score (nSPS) is 18.2. The largest absolute Gasteiger partial charge is 0.490 e. The van der Waals surface area contributed by atoms with Gasteiger partial charge in [0.1, 0.15) is 18.4 Å². The van der Waals surface area contributed by atoms with Crippen LogP contribution in [0.25, 0.3) is 0 Å². The molecule has 4 rings (SSSR count). The number of piperazine rings is 1. The van der Waals surface area contributed by atoms with Gasteiger partial charge in [-0.05, 0) is 69.2 Å². The topological polar surface area (TPSA) is 87.2 Å². The molecule has 8 nitrogen and oxygen atoms in total. The number of nitrogens with zero attached hydrogens (tertiary/aromatic N) is 3. The van der Waals surface area contributed by atoms with Crippen molar-refractivity contribution in [3.05, 3.63) is 54.1 Å². The second-order valence-electron chi connectivity index (χ2n) is 9.51. The zero-order chi connectivity index (χ0) is 25.2. The molecule has 2 heterocycles. The molecule has 0 bridgehead atoms. The lowest BCUT2D eigenvalue weighted by atomic mass is 10.1. The Kier molecular flexibility index (Phi) is 7.47. The number of amides is 2. The predicted molar refractivity (Wildman–Crippen MR) is 135 cm³/mol. The molecule has 35 heavy (non-hydrogen) atoms. The van der Waals surface area contributed by atoms with E-state index in [9.17, 15) is 18.0 Å². The molecule has 0 unspecified atom stereocenters. The van der Waals surface area contributed by atoms with Gasteiger partial charge in [0, 0.05) is 49.7 Å². The van der Waals surface area contributed by atoms with Gasteiger partial charge in [-0.1, -0.05) is 6.07 Å². The zero-order valence-corrected chi connectivity index (χ0v) is 21.3. The average Bonchev–Trinajstić information content (AvgIpc) is 2.84. The highest BCUT2D eigenvalue weighted by Crippen LogP contribution is 2.25. The highest BCUT2D eigenvalue weighted by Gasteiger charge is 2.29. The number of carbonyl (C=O) groups is 2. The fourth-order valence-corrected chi connectivity index (χ4v) is 5.24. The molecule has 2 fully saturated rings. The summed E-state index contributed by atoms with van der Waals surface area (Å²) in [5, 5.41) is 0. The number of sulfone groups is 1. The summed E-state index contributed by atoms with van der Waals surface area (Å²) < 4.78 is 29.8. The maximum Gasteiger partial charge on any atom is 0.254 e. The summed E-state index contributed by atoms with van der Waals surface area (Å²) in [4.78, 5) is 31.4. The van der Waals surface area contributed by atoms with E-state index in [1.807, 2.05) is 24.3 Å². The molecule has 0 spiro atoms. The van der Waals surface area contributed by atoms with E-state index in [4.69, 9.17) is 4.74 Å². The van der Waals surface area contributed by atoms with Gasteiger partial charge in [-0.2, -0.15) is 0 Å². The number of anilines is 1. The van der Waals surface area contributed by atoms with Crippen molar-refractivity contribution >= 4 is 27.3 Å². The Labute approximate surface area is 207 Å². The van der Waals surface area contributed by atoms with Crippen LogP contribution in [0, 0.1) is 0 Å². The molecule has 0 aliphatic carbocycles. The van der Waals surface area contributed by atoms with Gasteiger partial charge in [0.2, 0.25) is 5.91 Å². The summed E-state index contributed by atoms with van der Waals surface area (Å²) in [5.74, 6) is 0.262. The molecule has 2 aliphatic heterocycles. The smallest absolute Gasteiger partial charge is 0.254 e. The van der Waals surface area contributed by atoms with E-state index in [2.05, 4.69) is 18.7 Å². The van der Waals surface area contributed by atoms with Gasteiger partial charge in [-0.3, -0.25) is 9.59 Å². The molecule has 188 valence electrons. The zero-order valence-electron chi connectivity index (χ0n) is 20.5. The Morgan fingerprint density at radius 1 is 1.00 bits per heavy atom. The Morgan fingerprint density at radius 3 is 2.29 bits per heavy atom. The number of benzene rings is 2. The molecule has 0 N–H and O–H groups in total. The fraction of sp³-hybridized carbons (Fsp3) is 0.462. The summed E-state index contributed by atoms with van der Waals surface area (Å²) in [7, 11) is -3.42. The van der Waals surface area contributed by atoms with E-state index in [1.54, 1.807) is 17.0 Å². The molecule has 0 saturated carbocycles. The first-order chi connectivity index (χ1) is 16.6. The van der Waals surface area contributed by atoms with Gasteiger partial charge in [0.25, 0.3) is 5.91 Å². The maximum atomic E-state index is 12.9. The first-order valence-electron chi connectivity index (χ1n) is 12.0. The number of piperidine rings is 1.